The summed E-state index contributed by atoms with van der Waals surface area (Å²) in [6.45, 7) is 0. The van der Waals surface area contributed by atoms with Gasteiger partial charge in [-0.3, -0.25) is 4.79 Å². The van der Waals surface area contributed by atoms with Gasteiger partial charge in [0.1, 0.15) is 17.3 Å². The third-order valence-electron chi connectivity index (χ3n) is 2.48. The molecule has 1 heterocycles. The molecule has 0 saturated carbocycles. The molecule has 1 N–H and O–H groups in total. The van der Waals surface area contributed by atoms with Crippen molar-refractivity contribution in [3.05, 3.63) is 44.7 Å². The van der Waals surface area contributed by atoms with E-state index < -0.39 is 28.3 Å². The first-order valence-corrected chi connectivity index (χ1v) is 6.82. The molecular formula is C12H6ClF2N3OS. The van der Waals surface area contributed by atoms with Gasteiger partial charge in [0, 0.05) is 0 Å². The molecule has 2 rings (SSSR count). The Morgan fingerprint density at radius 1 is 1.45 bits per heavy atom. The summed E-state index contributed by atoms with van der Waals surface area (Å²) < 4.78 is 27.2. The average molecular weight is 314 g/mol. The third-order valence-corrected chi connectivity index (χ3v) is 3.38. The summed E-state index contributed by atoms with van der Waals surface area (Å²) in [5, 5.41) is 9.04. The van der Waals surface area contributed by atoms with Crippen molar-refractivity contribution >= 4 is 23.4 Å². The molecule has 0 spiro atoms. The molecule has 0 aliphatic carbocycles. The summed E-state index contributed by atoms with van der Waals surface area (Å²) in [5.74, 6) is -2.39. The molecule has 0 aliphatic heterocycles. The van der Waals surface area contributed by atoms with Gasteiger partial charge in [-0.2, -0.15) is 5.26 Å². The van der Waals surface area contributed by atoms with Crippen LogP contribution in [-0.4, -0.2) is 16.2 Å². The van der Waals surface area contributed by atoms with Gasteiger partial charge >= 0.3 is 0 Å². The van der Waals surface area contributed by atoms with Gasteiger partial charge in [-0.15, -0.1) is 0 Å². The second-order valence-corrected chi connectivity index (χ2v) is 4.83. The number of thioether (sulfide) groups is 1. The van der Waals surface area contributed by atoms with E-state index in [1.54, 1.807) is 12.3 Å². The van der Waals surface area contributed by atoms with Crippen LogP contribution in [0.5, 0.6) is 0 Å². The lowest BCUT2D eigenvalue weighted by atomic mass is 10.1. The predicted octanol–water partition coefficient (Wildman–Crippen LogP) is 2.96. The number of H-pyrrole nitrogens is 1. The molecule has 2 aromatic rings. The normalized spacial score (nSPS) is 10.3. The van der Waals surface area contributed by atoms with E-state index in [0.29, 0.717) is 0 Å². The van der Waals surface area contributed by atoms with Gasteiger partial charge in [0.15, 0.2) is 16.8 Å². The number of nitrogens with zero attached hydrogens (tertiary/aromatic N) is 2. The molecular weight excluding hydrogens is 308 g/mol. The fourth-order valence-corrected chi connectivity index (χ4v) is 2.19. The van der Waals surface area contributed by atoms with E-state index in [-0.39, 0.29) is 15.9 Å². The number of halogens is 3. The number of rotatable bonds is 2. The zero-order valence-electron chi connectivity index (χ0n) is 10.00. The van der Waals surface area contributed by atoms with Crippen LogP contribution in [0.4, 0.5) is 8.78 Å². The maximum atomic E-state index is 13.9. The van der Waals surface area contributed by atoms with Crippen molar-refractivity contribution in [1.82, 2.24) is 9.97 Å². The standard InChI is InChI=1S/C12H6ClF2N3OS/c1-20-12-17-10(5(4-16)11(19)18-12)8-6(13)2-3-7(14)9(8)15/h2-3H,1H3,(H,17,18,19). The number of hydrogen-bond acceptors (Lipinski definition) is 4. The van der Waals surface area contributed by atoms with Crippen LogP contribution < -0.4 is 5.56 Å². The van der Waals surface area contributed by atoms with Crippen molar-refractivity contribution in [2.24, 2.45) is 0 Å². The van der Waals surface area contributed by atoms with Gasteiger partial charge < -0.3 is 4.98 Å². The molecule has 0 aliphatic rings. The molecule has 20 heavy (non-hydrogen) atoms. The highest BCUT2D eigenvalue weighted by Gasteiger charge is 2.21. The van der Waals surface area contributed by atoms with Crippen molar-refractivity contribution in [1.29, 1.82) is 5.26 Å². The quantitative estimate of drug-likeness (QED) is 0.526. The van der Waals surface area contributed by atoms with Crippen molar-refractivity contribution < 1.29 is 8.78 Å². The Hall–Kier alpha value is -1.91. The molecule has 1 aromatic heterocycles. The number of nitrogens with one attached hydrogen (secondary N) is 1. The molecule has 4 nitrogen and oxygen atoms in total. The van der Waals surface area contributed by atoms with Crippen LogP contribution in [0, 0.1) is 23.0 Å². The molecule has 0 unspecified atom stereocenters. The largest absolute Gasteiger partial charge is 0.300 e. The van der Waals surface area contributed by atoms with E-state index in [1.807, 2.05) is 0 Å². The van der Waals surface area contributed by atoms with E-state index >= 15 is 0 Å². The van der Waals surface area contributed by atoms with Crippen molar-refractivity contribution in [3.63, 3.8) is 0 Å². The Kier molecular flexibility index (Phi) is 4.06. The van der Waals surface area contributed by atoms with Crippen molar-refractivity contribution in [3.8, 4) is 17.3 Å². The summed E-state index contributed by atoms with van der Waals surface area (Å²) in [7, 11) is 0. The maximum absolute atomic E-state index is 13.9. The molecule has 0 fully saturated rings. The van der Waals surface area contributed by atoms with Crippen LogP contribution in [0.2, 0.25) is 5.02 Å². The molecule has 102 valence electrons. The minimum absolute atomic E-state index is 0.134. The zero-order chi connectivity index (χ0) is 14.9. The van der Waals surface area contributed by atoms with E-state index in [1.165, 1.54) is 0 Å². The van der Waals surface area contributed by atoms with Crippen LogP contribution in [0.15, 0.2) is 22.1 Å². The summed E-state index contributed by atoms with van der Waals surface area (Å²) in [5.41, 5.74) is -1.83. The summed E-state index contributed by atoms with van der Waals surface area (Å²) >= 11 is 6.93. The van der Waals surface area contributed by atoms with E-state index in [9.17, 15) is 13.6 Å². The molecule has 0 atom stereocenters. The van der Waals surface area contributed by atoms with E-state index in [0.717, 1.165) is 23.9 Å². The number of hydrogen-bond donors (Lipinski definition) is 1. The summed E-state index contributed by atoms with van der Waals surface area (Å²) in [4.78, 5) is 18.0. The highest BCUT2D eigenvalue weighted by molar-refractivity contribution is 7.98. The van der Waals surface area contributed by atoms with Gasteiger partial charge in [-0.05, 0) is 18.4 Å². The highest BCUT2D eigenvalue weighted by Crippen LogP contribution is 2.32. The zero-order valence-corrected chi connectivity index (χ0v) is 11.6. The molecule has 8 heteroatoms. The van der Waals surface area contributed by atoms with E-state index in [2.05, 4.69) is 9.97 Å². The Morgan fingerprint density at radius 3 is 2.75 bits per heavy atom. The lowest BCUT2D eigenvalue weighted by Crippen LogP contribution is -2.15. The van der Waals surface area contributed by atoms with Crippen LogP contribution in [0.25, 0.3) is 11.3 Å². The lowest BCUT2D eigenvalue weighted by molar-refractivity contribution is 0.511. The van der Waals surface area contributed by atoms with Gasteiger partial charge in [0.05, 0.1) is 10.6 Å². The number of aromatic nitrogens is 2. The van der Waals surface area contributed by atoms with Crippen LogP contribution in [0.1, 0.15) is 5.56 Å². The minimum Gasteiger partial charge on any atom is -0.300 e. The Labute approximate surface area is 121 Å². The van der Waals surface area contributed by atoms with E-state index in [4.69, 9.17) is 16.9 Å². The summed E-state index contributed by atoms with van der Waals surface area (Å²) in [6.07, 6.45) is 1.64. The predicted molar refractivity (Wildman–Crippen MR) is 71.7 cm³/mol. The monoisotopic (exact) mass is 313 g/mol. The maximum Gasteiger partial charge on any atom is 0.270 e. The molecule has 0 bridgehead atoms. The topological polar surface area (TPSA) is 69.5 Å². The van der Waals surface area contributed by atoms with Crippen molar-refractivity contribution in [2.45, 2.75) is 5.16 Å². The average Bonchev–Trinajstić information content (AvgIpc) is 2.43. The van der Waals surface area contributed by atoms with Gasteiger partial charge in [0.2, 0.25) is 0 Å². The Balaban J connectivity index is 2.89. The number of benzene rings is 1. The fourth-order valence-electron chi connectivity index (χ4n) is 1.58. The SMILES string of the molecule is CSc1nc(-c2c(Cl)ccc(F)c2F)c(C#N)c(=O)[nH]1. The minimum atomic E-state index is -1.25. The smallest absolute Gasteiger partial charge is 0.270 e. The van der Waals surface area contributed by atoms with Crippen molar-refractivity contribution in [2.75, 3.05) is 6.26 Å². The van der Waals surface area contributed by atoms with Gasteiger partial charge in [-0.25, -0.2) is 13.8 Å². The van der Waals surface area contributed by atoms with Crippen LogP contribution >= 0.6 is 23.4 Å². The molecule has 0 radical (unpaired) electrons. The highest BCUT2D eigenvalue weighted by atomic mass is 35.5. The second-order valence-electron chi connectivity index (χ2n) is 3.63. The first-order valence-electron chi connectivity index (χ1n) is 5.21. The first-order chi connectivity index (χ1) is 9.49. The molecule has 0 saturated heterocycles. The number of nitriles is 1. The fraction of sp³-hybridized carbons (Fsp3) is 0.0833. The van der Waals surface area contributed by atoms with Crippen LogP contribution in [0.3, 0.4) is 0 Å². The molecule has 1 aromatic carbocycles. The second kappa shape index (κ2) is 5.61. The summed E-state index contributed by atoms with van der Waals surface area (Å²) in [6, 6.07) is 3.62. The number of aromatic amines is 1. The Morgan fingerprint density at radius 2 is 2.15 bits per heavy atom. The Bertz CT molecular complexity index is 785. The lowest BCUT2D eigenvalue weighted by Gasteiger charge is -2.08. The third kappa shape index (κ3) is 2.40. The van der Waals surface area contributed by atoms with Gasteiger partial charge in [-0.1, -0.05) is 23.4 Å². The molecule has 0 amide bonds. The van der Waals surface area contributed by atoms with Crippen LogP contribution in [-0.2, 0) is 0 Å². The first kappa shape index (κ1) is 14.5. The van der Waals surface area contributed by atoms with Gasteiger partial charge in [0.25, 0.3) is 5.56 Å².